The van der Waals surface area contributed by atoms with Crippen molar-refractivity contribution >= 4 is 27.0 Å². The minimum atomic E-state index is -0.448. The number of aryl methyl sites for hydroxylation is 1. The van der Waals surface area contributed by atoms with Crippen molar-refractivity contribution in [1.29, 1.82) is 0 Å². The Kier molecular flexibility index (Phi) is 3.78. The van der Waals surface area contributed by atoms with Gasteiger partial charge in [0, 0.05) is 29.5 Å². The predicted octanol–water partition coefficient (Wildman–Crippen LogP) is 3.72. The van der Waals surface area contributed by atoms with E-state index in [1.807, 2.05) is 35.9 Å². The molecule has 3 rings (SSSR count). The summed E-state index contributed by atoms with van der Waals surface area (Å²) in [6, 6.07) is 12.3. The summed E-state index contributed by atoms with van der Waals surface area (Å²) in [5, 5.41) is 0. The highest BCUT2D eigenvalue weighted by molar-refractivity contribution is 9.10. The summed E-state index contributed by atoms with van der Waals surface area (Å²) in [7, 11) is 1.95. The number of hydrogen-bond acceptors (Lipinski definition) is 2. The van der Waals surface area contributed by atoms with Gasteiger partial charge in [0.1, 0.15) is 11.6 Å². The van der Waals surface area contributed by atoms with Crippen molar-refractivity contribution in [2.24, 2.45) is 12.8 Å². The first-order chi connectivity index (χ1) is 10.1. The maximum absolute atomic E-state index is 14.0. The molecule has 5 heteroatoms. The monoisotopic (exact) mass is 347 g/mol. The van der Waals surface area contributed by atoms with Crippen LogP contribution in [0.25, 0.3) is 11.0 Å². The zero-order chi connectivity index (χ0) is 15.0. The number of aromatic nitrogens is 2. The first kappa shape index (κ1) is 14.2. The Morgan fingerprint density at radius 1 is 1.24 bits per heavy atom. The molecule has 1 heterocycles. The summed E-state index contributed by atoms with van der Waals surface area (Å²) in [6.07, 6.45) is 0.477. The van der Waals surface area contributed by atoms with Gasteiger partial charge in [-0.2, -0.15) is 0 Å². The Morgan fingerprint density at radius 3 is 2.71 bits per heavy atom. The Labute approximate surface area is 130 Å². The summed E-state index contributed by atoms with van der Waals surface area (Å²) in [5.74, 6) is 0.550. The summed E-state index contributed by atoms with van der Waals surface area (Å²) in [6.45, 7) is 0. The molecule has 0 aliphatic heterocycles. The molecule has 0 spiro atoms. The molecule has 0 aliphatic carbocycles. The molecular formula is C16H15BrFN3. The van der Waals surface area contributed by atoms with E-state index in [-0.39, 0.29) is 5.82 Å². The first-order valence-corrected chi connectivity index (χ1v) is 7.47. The largest absolute Gasteiger partial charge is 0.331 e. The van der Waals surface area contributed by atoms with Crippen LogP contribution in [0.4, 0.5) is 4.39 Å². The van der Waals surface area contributed by atoms with Crippen LogP contribution in [0.5, 0.6) is 0 Å². The van der Waals surface area contributed by atoms with Gasteiger partial charge in [0.15, 0.2) is 0 Å². The molecule has 0 aliphatic rings. The average molecular weight is 348 g/mol. The number of imidazole rings is 1. The Hall–Kier alpha value is -1.72. The van der Waals surface area contributed by atoms with E-state index in [0.29, 0.717) is 16.5 Å². The van der Waals surface area contributed by atoms with Gasteiger partial charge in [0.05, 0.1) is 11.0 Å². The Balaban J connectivity index is 1.97. The van der Waals surface area contributed by atoms with Crippen molar-refractivity contribution in [1.82, 2.24) is 9.55 Å². The lowest BCUT2D eigenvalue weighted by molar-refractivity contribution is 0.569. The molecule has 0 fully saturated rings. The smallest absolute Gasteiger partial charge is 0.129 e. The van der Waals surface area contributed by atoms with Gasteiger partial charge in [-0.25, -0.2) is 9.37 Å². The maximum Gasteiger partial charge on any atom is 0.129 e. The lowest BCUT2D eigenvalue weighted by atomic mass is 10.0. The van der Waals surface area contributed by atoms with Crippen LogP contribution in [-0.2, 0) is 13.5 Å². The number of para-hydroxylation sites is 2. The highest BCUT2D eigenvalue weighted by Gasteiger charge is 2.18. The predicted molar refractivity (Wildman–Crippen MR) is 85.4 cm³/mol. The van der Waals surface area contributed by atoms with Gasteiger partial charge < -0.3 is 10.3 Å². The highest BCUT2D eigenvalue weighted by Crippen LogP contribution is 2.27. The number of halogens is 2. The van der Waals surface area contributed by atoms with Crippen molar-refractivity contribution in [3.63, 3.8) is 0 Å². The Bertz CT molecular complexity index is 777. The first-order valence-electron chi connectivity index (χ1n) is 6.67. The zero-order valence-corrected chi connectivity index (χ0v) is 13.1. The number of fused-ring (bicyclic) bond motifs is 1. The number of rotatable bonds is 3. The van der Waals surface area contributed by atoms with Crippen molar-refractivity contribution in [3.8, 4) is 0 Å². The van der Waals surface area contributed by atoms with E-state index in [2.05, 4.69) is 20.9 Å². The maximum atomic E-state index is 14.0. The molecule has 1 aromatic heterocycles. The highest BCUT2D eigenvalue weighted by atomic mass is 79.9. The number of nitrogens with two attached hydrogens (primary N) is 1. The molecule has 3 aromatic rings. The number of nitrogens with zero attached hydrogens (tertiary/aromatic N) is 2. The molecule has 3 nitrogen and oxygen atoms in total. The SMILES string of the molecule is Cn1c(CC(N)c2c(F)cccc2Br)nc2ccccc21. The van der Waals surface area contributed by atoms with Crippen LogP contribution in [0.15, 0.2) is 46.9 Å². The van der Waals surface area contributed by atoms with E-state index in [0.717, 1.165) is 16.9 Å². The van der Waals surface area contributed by atoms with Crippen molar-refractivity contribution in [2.75, 3.05) is 0 Å². The second-order valence-corrected chi connectivity index (χ2v) is 5.88. The van der Waals surface area contributed by atoms with Gasteiger partial charge in [0.25, 0.3) is 0 Å². The number of benzene rings is 2. The van der Waals surface area contributed by atoms with Gasteiger partial charge in [-0.05, 0) is 24.3 Å². The van der Waals surface area contributed by atoms with Crippen molar-refractivity contribution in [3.05, 3.63) is 64.1 Å². The van der Waals surface area contributed by atoms with Crippen molar-refractivity contribution < 1.29 is 4.39 Å². The van der Waals surface area contributed by atoms with Crippen LogP contribution in [0.2, 0.25) is 0 Å². The average Bonchev–Trinajstić information content (AvgIpc) is 2.76. The zero-order valence-electron chi connectivity index (χ0n) is 11.6. The molecule has 0 bridgehead atoms. The summed E-state index contributed by atoms with van der Waals surface area (Å²) < 4.78 is 16.7. The molecule has 0 saturated heterocycles. The lowest BCUT2D eigenvalue weighted by Gasteiger charge is -2.14. The summed E-state index contributed by atoms with van der Waals surface area (Å²) in [5.41, 5.74) is 8.66. The molecule has 1 unspecified atom stereocenters. The third-order valence-electron chi connectivity index (χ3n) is 3.65. The molecule has 1 atom stereocenters. The van der Waals surface area contributed by atoms with E-state index < -0.39 is 6.04 Å². The standard InChI is InChI=1S/C16H15BrFN3/c1-21-14-8-3-2-7-13(14)20-15(21)9-12(19)16-10(17)5-4-6-11(16)18/h2-8,12H,9,19H2,1H3. The Morgan fingerprint density at radius 2 is 2.00 bits per heavy atom. The third-order valence-corrected chi connectivity index (χ3v) is 4.34. The quantitative estimate of drug-likeness (QED) is 0.784. The van der Waals surface area contributed by atoms with E-state index >= 15 is 0 Å². The fourth-order valence-electron chi connectivity index (χ4n) is 2.54. The molecule has 0 saturated carbocycles. The molecule has 2 N–H and O–H groups in total. The third kappa shape index (κ3) is 2.59. The van der Waals surface area contributed by atoms with Gasteiger partial charge >= 0.3 is 0 Å². The fraction of sp³-hybridized carbons (Fsp3) is 0.188. The molecule has 0 radical (unpaired) electrons. The van der Waals surface area contributed by atoms with Crippen LogP contribution < -0.4 is 5.73 Å². The van der Waals surface area contributed by atoms with Gasteiger partial charge in [-0.1, -0.05) is 34.1 Å². The van der Waals surface area contributed by atoms with Crippen molar-refractivity contribution in [2.45, 2.75) is 12.5 Å². The minimum absolute atomic E-state index is 0.296. The minimum Gasteiger partial charge on any atom is -0.331 e. The van der Waals surface area contributed by atoms with Crippen LogP contribution in [0, 0.1) is 5.82 Å². The summed E-state index contributed by atoms with van der Waals surface area (Å²) >= 11 is 3.37. The fourth-order valence-corrected chi connectivity index (χ4v) is 3.18. The van der Waals surface area contributed by atoms with Crippen LogP contribution in [0.3, 0.4) is 0 Å². The molecule has 21 heavy (non-hydrogen) atoms. The molecule has 0 amide bonds. The van der Waals surface area contributed by atoms with E-state index in [1.165, 1.54) is 6.07 Å². The van der Waals surface area contributed by atoms with Gasteiger partial charge in [0.2, 0.25) is 0 Å². The van der Waals surface area contributed by atoms with E-state index in [1.54, 1.807) is 12.1 Å². The normalized spacial score (nSPS) is 12.8. The van der Waals surface area contributed by atoms with Crippen LogP contribution in [-0.4, -0.2) is 9.55 Å². The number of hydrogen-bond donors (Lipinski definition) is 1. The lowest BCUT2D eigenvalue weighted by Crippen LogP contribution is -2.17. The molecular weight excluding hydrogens is 333 g/mol. The molecule has 108 valence electrons. The summed E-state index contributed by atoms with van der Waals surface area (Å²) in [4.78, 5) is 4.58. The van der Waals surface area contributed by atoms with Gasteiger partial charge in [-0.15, -0.1) is 0 Å². The van der Waals surface area contributed by atoms with Gasteiger partial charge in [-0.3, -0.25) is 0 Å². The van der Waals surface area contributed by atoms with E-state index in [9.17, 15) is 4.39 Å². The van der Waals surface area contributed by atoms with E-state index in [4.69, 9.17) is 5.73 Å². The second kappa shape index (κ2) is 5.58. The van der Waals surface area contributed by atoms with Crippen LogP contribution in [0.1, 0.15) is 17.4 Å². The van der Waals surface area contributed by atoms with Crippen LogP contribution >= 0.6 is 15.9 Å². The second-order valence-electron chi connectivity index (χ2n) is 5.02. The topological polar surface area (TPSA) is 43.8 Å². The molecule has 2 aromatic carbocycles.